The molecule has 3 aromatic rings. The van der Waals surface area contributed by atoms with Gasteiger partial charge in [-0.05, 0) is 6.92 Å². The number of morpholine rings is 1. The summed E-state index contributed by atoms with van der Waals surface area (Å²) in [6.07, 6.45) is 3.69. The number of hydrogen-bond acceptors (Lipinski definition) is 6. The summed E-state index contributed by atoms with van der Waals surface area (Å²) in [6.45, 7) is 7.49. The highest BCUT2D eigenvalue weighted by Gasteiger charge is 2.13. The van der Waals surface area contributed by atoms with Crippen LogP contribution in [0.5, 0.6) is 0 Å². The van der Waals surface area contributed by atoms with Gasteiger partial charge >= 0.3 is 0 Å². The third kappa shape index (κ3) is 3.35. The lowest BCUT2D eigenvalue weighted by Crippen LogP contribution is -2.39. The largest absolute Gasteiger partial charge is 0.379 e. The second-order valence-electron chi connectivity index (χ2n) is 6.32. The summed E-state index contributed by atoms with van der Waals surface area (Å²) in [4.78, 5) is 11.4. The molecule has 1 fully saturated rings. The first-order valence-corrected chi connectivity index (χ1v) is 8.60. The number of nitrogens with one attached hydrogen (secondary N) is 1. The number of nitrogens with zero attached hydrogens (tertiary/aromatic N) is 6. The van der Waals surface area contributed by atoms with Crippen LogP contribution in [0, 0.1) is 6.92 Å². The normalized spacial score (nSPS) is 15.8. The fraction of sp³-hybridized carbons (Fsp3) is 0.471. The molecular weight excluding hydrogens is 318 g/mol. The molecule has 0 unspecified atom stereocenters. The van der Waals surface area contributed by atoms with E-state index < -0.39 is 0 Å². The molecule has 1 saturated heterocycles. The number of aryl methyl sites for hydroxylation is 2. The Balaban J connectivity index is 1.55. The molecule has 0 bridgehead atoms. The predicted octanol–water partition coefficient (Wildman–Crippen LogP) is 1.18. The molecule has 4 rings (SSSR count). The van der Waals surface area contributed by atoms with Gasteiger partial charge in [0.1, 0.15) is 11.5 Å². The first kappa shape index (κ1) is 16.0. The number of fused-ring (bicyclic) bond motifs is 1. The van der Waals surface area contributed by atoms with Crippen LogP contribution in [0.15, 0.2) is 24.5 Å². The van der Waals surface area contributed by atoms with Crippen molar-refractivity contribution < 1.29 is 4.74 Å². The van der Waals surface area contributed by atoms with E-state index in [0.29, 0.717) is 0 Å². The monoisotopic (exact) mass is 341 g/mol. The topological polar surface area (TPSA) is 72.5 Å². The number of anilines is 1. The van der Waals surface area contributed by atoms with Gasteiger partial charge in [0.05, 0.1) is 13.2 Å². The molecule has 0 atom stereocenters. The van der Waals surface area contributed by atoms with Crippen LogP contribution in [0.25, 0.3) is 17.2 Å². The Bertz CT molecular complexity index is 863. The summed E-state index contributed by atoms with van der Waals surface area (Å²) < 4.78 is 9.21. The van der Waals surface area contributed by atoms with Gasteiger partial charge in [-0.15, -0.1) is 0 Å². The quantitative estimate of drug-likeness (QED) is 0.751. The van der Waals surface area contributed by atoms with Crippen LogP contribution in [0.2, 0.25) is 0 Å². The van der Waals surface area contributed by atoms with Gasteiger partial charge < -0.3 is 14.6 Å². The number of ether oxygens (including phenoxy) is 1. The lowest BCUT2D eigenvalue weighted by Gasteiger charge is -2.26. The lowest BCUT2D eigenvalue weighted by molar-refractivity contribution is 0.0398. The number of imidazole rings is 1. The van der Waals surface area contributed by atoms with Crippen molar-refractivity contribution in [2.24, 2.45) is 7.05 Å². The molecule has 0 amide bonds. The van der Waals surface area contributed by atoms with Crippen molar-refractivity contribution >= 4 is 11.5 Å². The second kappa shape index (κ2) is 6.81. The van der Waals surface area contributed by atoms with Crippen molar-refractivity contribution in [1.29, 1.82) is 0 Å². The Morgan fingerprint density at radius 1 is 1.24 bits per heavy atom. The van der Waals surface area contributed by atoms with Gasteiger partial charge in [-0.2, -0.15) is 9.61 Å². The molecule has 0 radical (unpaired) electrons. The first-order valence-electron chi connectivity index (χ1n) is 8.60. The van der Waals surface area contributed by atoms with E-state index in [1.165, 1.54) is 0 Å². The minimum absolute atomic E-state index is 0.821. The Morgan fingerprint density at radius 3 is 2.84 bits per heavy atom. The summed E-state index contributed by atoms with van der Waals surface area (Å²) in [5.41, 5.74) is 2.61. The van der Waals surface area contributed by atoms with Crippen LogP contribution in [-0.2, 0) is 11.8 Å². The van der Waals surface area contributed by atoms with Crippen molar-refractivity contribution in [3.8, 4) is 11.5 Å². The lowest BCUT2D eigenvalue weighted by atomic mass is 10.3. The number of aromatic nitrogens is 5. The maximum absolute atomic E-state index is 5.39. The van der Waals surface area contributed by atoms with Crippen molar-refractivity contribution in [2.75, 3.05) is 44.7 Å². The van der Waals surface area contributed by atoms with Gasteiger partial charge in [-0.3, -0.25) is 4.90 Å². The van der Waals surface area contributed by atoms with Gasteiger partial charge in [-0.1, -0.05) is 0 Å². The van der Waals surface area contributed by atoms with E-state index in [-0.39, 0.29) is 0 Å². The number of hydrogen-bond donors (Lipinski definition) is 1. The fourth-order valence-electron chi connectivity index (χ4n) is 3.11. The first-order chi connectivity index (χ1) is 12.2. The summed E-state index contributed by atoms with van der Waals surface area (Å²) in [5, 5.41) is 8.20. The minimum atomic E-state index is 0.821. The van der Waals surface area contributed by atoms with Crippen LogP contribution in [0.3, 0.4) is 0 Å². The van der Waals surface area contributed by atoms with Gasteiger partial charge in [0, 0.05) is 63.4 Å². The molecule has 25 heavy (non-hydrogen) atoms. The van der Waals surface area contributed by atoms with Crippen LogP contribution < -0.4 is 5.32 Å². The zero-order valence-corrected chi connectivity index (χ0v) is 14.6. The molecular formula is C17H23N7O. The maximum atomic E-state index is 5.39. The standard InChI is InChI=1S/C17H23N7O/c1-13-11-15(18-4-6-23-7-9-25-10-8-23)24-16(20-13)12-14(21-24)17-19-3-5-22(17)2/h3,5,11-12,18H,4,6-10H2,1-2H3. The zero-order valence-electron chi connectivity index (χ0n) is 14.6. The van der Waals surface area contributed by atoms with E-state index in [2.05, 4.69) is 20.2 Å². The minimum Gasteiger partial charge on any atom is -0.379 e. The van der Waals surface area contributed by atoms with Crippen molar-refractivity contribution in [1.82, 2.24) is 29.0 Å². The van der Waals surface area contributed by atoms with Gasteiger partial charge in [0.15, 0.2) is 11.5 Å². The predicted molar refractivity (Wildman–Crippen MR) is 95.7 cm³/mol. The third-order valence-electron chi connectivity index (χ3n) is 4.44. The van der Waals surface area contributed by atoms with E-state index in [0.717, 1.165) is 68.1 Å². The van der Waals surface area contributed by atoms with Gasteiger partial charge in [0.2, 0.25) is 0 Å². The molecule has 4 heterocycles. The molecule has 3 aromatic heterocycles. The SMILES string of the molecule is Cc1cc(NCCN2CCOCC2)n2nc(-c3nccn3C)cc2n1. The smallest absolute Gasteiger partial charge is 0.160 e. The molecule has 0 aromatic carbocycles. The van der Waals surface area contributed by atoms with Gasteiger partial charge in [-0.25, -0.2) is 9.97 Å². The summed E-state index contributed by atoms with van der Waals surface area (Å²) in [7, 11) is 1.96. The third-order valence-corrected chi connectivity index (χ3v) is 4.44. The fourth-order valence-corrected chi connectivity index (χ4v) is 3.11. The van der Waals surface area contributed by atoms with Gasteiger partial charge in [0.25, 0.3) is 0 Å². The van der Waals surface area contributed by atoms with Crippen molar-refractivity contribution in [3.05, 3.63) is 30.2 Å². The molecule has 1 aliphatic rings. The van der Waals surface area contributed by atoms with E-state index >= 15 is 0 Å². The molecule has 8 nitrogen and oxygen atoms in total. The van der Waals surface area contributed by atoms with Crippen molar-refractivity contribution in [3.63, 3.8) is 0 Å². The highest BCUT2D eigenvalue weighted by atomic mass is 16.5. The van der Waals surface area contributed by atoms with Crippen LogP contribution in [0.1, 0.15) is 5.69 Å². The molecule has 1 aliphatic heterocycles. The highest BCUT2D eigenvalue weighted by Crippen LogP contribution is 2.20. The highest BCUT2D eigenvalue weighted by molar-refractivity contribution is 5.61. The summed E-state index contributed by atoms with van der Waals surface area (Å²) >= 11 is 0. The molecule has 0 saturated carbocycles. The van der Waals surface area contributed by atoms with E-state index in [1.807, 2.05) is 41.4 Å². The molecule has 0 aliphatic carbocycles. The average molecular weight is 341 g/mol. The molecule has 132 valence electrons. The number of rotatable bonds is 5. The van der Waals surface area contributed by atoms with Crippen molar-refractivity contribution in [2.45, 2.75) is 6.92 Å². The zero-order chi connectivity index (χ0) is 17.2. The maximum Gasteiger partial charge on any atom is 0.160 e. The molecule has 8 heteroatoms. The molecule has 1 N–H and O–H groups in total. The average Bonchev–Trinajstić information content (AvgIpc) is 3.21. The summed E-state index contributed by atoms with van der Waals surface area (Å²) in [5.74, 6) is 1.79. The Kier molecular flexibility index (Phi) is 4.37. The Labute approximate surface area is 146 Å². The van der Waals surface area contributed by atoms with E-state index in [1.54, 1.807) is 6.20 Å². The Morgan fingerprint density at radius 2 is 2.08 bits per heavy atom. The van der Waals surface area contributed by atoms with E-state index in [9.17, 15) is 0 Å². The second-order valence-corrected chi connectivity index (χ2v) is 6.32. The van der Waals surface area contributed by atoms with Crippen LogP contribution in [-0.4, -0.2) is 68.4 Å². The van der Waals surface area contributed by atoms with Crippen LogP contribution >= 0.6 is 0 Å². The van der Waals surface area contributed by atoms with E-state index in [4.69, 9.17) is 9.84 Å². The summed E-state index contributed by atoms with van der Waals surface area (Å²) in [6, 6.07) is 4.00. The Hall–Kier alpha value is -2.45. The van der Waals surface area contributed by atoms with Crippen LogP contribution in [0.4, 0.5) is 5.82 Å². The molecule has 0 spiro atoms.